The van der Waals surface area contributed by atoms with Crippen molar-refractivity contribution in [3.05, 3.63) is 70.2 Å². The highest BCUT2D eigenvalue weighted by Crippen LogP contribution is 2.15. The molecule has 1 aromatic heterocycles. The van der Waals surface area contributed by atoms with Crippen molar-refractivity contribution in [3.8, 4) is 0 Å². The number of thiocarbonyl (C=S) groups is 1. The Morgan fingerprint density at radius 1 is 1.15 bits per heavy atom. The molecular weight excluding hydrogens is 272 g/mol. The zero-order valence-corrected chi connectivity index (χ0v) is 11.4. The molecular formula is C15H12N2O2S. The number of benzene rings is 2. The van der Waals surface area contributed by atoms with Crippen molar-refractivity contribution < 1.29 is 4.42 Å². The molecule has 0 bridgehead atoms. The minimum Gasteiger partial charge on any atom is -0.408 e. The first-order chi connectivity index (χ1) is 9.66. The summed E-state index contributed by atoms with van der Waals surface area (Å²) in [6.07, 6.45) is 0. The number of rotatable bonds is 3. The topological polar surface area (TPSA) is 61.2 Å². The fraction of sp³-hybridized carbons (Fsp3) is 0.0667. The molecule has 0 aliphatic carbocycles. The van der Waals surface area contributed by atoms with E-state index in [-0.39, 0.29) is 5.76 Å². The number of aromatic nitrogens is 1. The second-order valence-corrected chi connectivity index (χ2v) is 4.88. The molecule has 5 heteroatoms. The predicted molar refractivity (Wildman–Crippen MR) is 81.9 cm³/mol. The van der Waals surface area contributed by atoms with Gasteiger partial charge in [-0.1, -0.05) is 48.6 Å². The van der Waals surface area contributed by atoms with Gasteiger partial charge in [0.2, 0.25) is 0 Å². The van der Waals surface area contributed by atoms with E-state index in [9.17, 15) is 4.79 Å². The Balaban J connectivity index is 2.13. The van der Waals surface area contributed by atoms with Crippen LogP contribution in [0.1, 0.15) is 11.1 Å². The maximum atomic E-state index is 12.0. The van der Waals surface area contributed by atoms with Crippen LogP contribution < -0.4 is 11.5 Å². The zero-order chi connectivity index (χ0) is 14.1. The van der Waals surface area contributed by atoms with E-state index in [0.717, 1.165) is 16.6 Å². The molecule has 0 spiro atoms. The first-order valence-electron chi connectivity index (χ1n) is 6.13. The summed E-state index contributed by atoms with van der Waals surface area (Å²) in [5, 5.41) is 0. The van der Waals surface area contributed by atoms with Gasteiger partial charge in [-0.3, -0.25) is 4.57 Å². The highest BCUT2D eigenvalue weighted by Gasteiger charge is 2.11. The van der Waals surface area contributed by atoms with Gasteiger partial charge in [-0.05, 0) is 17.7 Å². The second kappa shape index (κ2) is 4.94. The van der Waals surface area contributed by atoms with E-state index < -0.39 is 0 Å². The van der Waals surface area contributed by atoms with Gasteiger partial charge in [-0.15, -0.1) is 0 Å². The number of nitrogens with two attached hydrogens (primary N) is 1. The monoisotopic (exact) mass is 284 g/mol. The summed E-state index contributed by atoms with van der Waals surface area (Å²) >= 11 is 5.04. The molecule has 0 fully saturated rings. The van der Waals surface area contributed by atoms with Crippen molar-refractivity contribution in [2.75, 3.05) is 0 Å². The maximum absolute atomic E-state index is 12.0. The second-order valence-electron chi connectivity index (χ2n) is 4.44. The standard InChI is InChI=1S/C15H12N2O2S/c16-14(20)11-6-2-1-5-10(11)9-17-12-7-3-4-8-13(12)19-15(17)18/h1-8H,9H2,(H2,16,20). The third kappa shape index (κ3) is 2.12. The molecule has 0 aliphatic rings. The quantitative estimate of drug-likeness (QED) is 0.750. The van der Waals surface area contributed by atoms with E-state index in [0.29, 0.717) is 17.1 Å². The summed E-state index contributed by atoms with van der Waals surface area (Å²) in [7, 11) is 0. The number of hydrogen-bond acceptors (Lipinski definition) is 3. The van der Waals surface area contributed by atoms with Gasteiger partial charge in [-0.25, -0.2) is 4.79 Å². The molecule has 0 aliphatic heterocycles. The summed E-state index contributed by atoms with van der Waals surface area (Å²) in [5.74, 6) is -0.385. The Kier molecular flexibility index (Phi) is 3.12. The van der Waals surface area contributed by atoms with Crippen LogP contribution in [-0.4, -0.2) is 9.56 Å². The van der Waals surface area contributed by atoms with Gasteiger partial charge in [0.05, 0.1) is 12.1 Å². The van der Waals surface area contributed by atoms with Gasteiger partial charge in [0.1, 0.15) is 4.99 Å². The summed E-state index contributed by atoms with van der Waals surface area (Å²) in [6.45, 7) is 0.378. The van der Waals surface area contributed by atoms with Crippen molar-refractivity contribution in [1.82, 2.24) is 4.57 Å². The molecule has 0 saturated carbocycles. The Morgan fingerprint density at radius 3 is 2.65 bits per heavy atom. The summed E-state index contributed by atoms with van der Waals surface area (Å²) in [6, 6.07) is 14.8. The van der Waals surface area contributed by atoms with Crippen molar-refractivity contribution >= 4 is 28.3 Å². The Morgan fingerprint density at radius 2 is 1.85 bits per heavy atom. The van der Waals surface area contributed by atoms with Crippen molar-refractivity contribution in [3.63, 3.8) is 0 Å². The van der Waals surface area contributed by atoms with Crippen molar-refractivity contribution in [2.24, 2.45) is 5.73 Å². The minimum atomic E-state index is -0.385. The smallest absolute Gasteiger partial charge is 0.408 e. The normalized spacial score (nSPS) is 10.8. The van der Waals surface area contributed by atoms with E-state index in [4.69, 9.17) is 22.4 Å². The predicted octanol–water partition coefficient (Wildman–Crippen LogP) is 2.28. The molecule has 2 aromatic carbocycles. The fourth-order valence-electron chi connectivity index (χ4n) is 2.23. The minimum absolute atomic E-state index is 0.321. The molecule has 0 atom stereocenters. The van der Waals surface area contributed by atoms with Crippen molar-refractivity contribution in [2.45, 2.75) is 6.54 Å². The molecule has 0 radical (unpaired) electrons. The van der Waals surface area contributed by atoms with Crippen LogP contribution >= 0.6 is 12.2 Å². The maximum Gasteiger partial charge on any atom is 0.420 e. The van der Waals surface area contributed by atoms with E-state index >= 15 is 0 Å². The summed E-state index contributed by atoms with van der Waals surface area (Å²) in [4.78, 5) is 12.3. The molecule has 0 saturated heterocycles. The van der Waals surface area contributed by atoms with Crippen LogP contribution in [0.25, 0.3) is 11.1 Å². The summed E-state index contributed by atoms with van der Waals surface area (Å²) in [5.41, 5.74) is 8.72. The van der Waals surface area contributed by atoms with Crippen LogP contribution in [0.3, 0.4) is 0 Å². The number of oxazole rings is 1. The Labute approximate surface area is 120 Å². The van der Waals surface area contributed by atoms with Crippen molar-refractivity contribution in [1.29, 1.82) is 0 Å². The molecule has 100 valence electrons. The molecule has 0 amide bonds. The Hall–Kier alpha value is -2.40. The van der Waals surface area contributed by atoms with Gasteiger partial charge in [0, 0.05) is 5.56 Å². The average molecular weight is 284 g/mol. The van der Waals surface area contributed by atoms with E-state index in [2.05, 4.69) is 0 Å². The van der Waals surface area contributed by atoms with Crippen LogP contribution in [0.15, 0.2) is 57.7 Å². The lowest BCUT2D eigenvalue weighted by molar-refractivity contribution is 0.517. The molecule has 1 heterocycles. The number of para-hydroxylation sites is 2. The third-order valence-corrected chi connectivity index (χ3v) is 3.40. The SMILES string of the molecule is NC(=S)c1ccccc1Cn1c(=O)oc2ccccc21. The third-order valence-electron chi connectivity index (χ3n) is 3.18. The molecule has 3 aromatic rings. The van der Waals surface area contributed by atoms with Crippen LogP contribution in [0.4, 0.5) is 0 Å². The first kappa shape index (κ1) is 12.6. The lowest BCUT2D eigenvalue weighted by Crippen LogP contribution is -2.18. The molecule has 4 nitrogen and oxygen atoms in total. The highest BCUT2D eigenvalue weighted by atomic mass is 32.1. The van der Waals surface area contributed by atoms with Crippen LogP contribution in [-0.2, 0) is 6.54 Å². The lowest BCUT2D eigenvalue weighted by atomic mass is 10.1. The number of fused-ring (bicyclic) bond motifs is 1. The van der Waals surface area contributed by atoms with Gasteiger partial charge in [0.25, 0.3) is 0 Å². The van der Waals surface area contributed by atoms with Gasteiger partial charge in [0.15, 0.2) is 5.58 Å². The lowest BCUT2D eigenvalue weighted by Gasteiger charge is -2.08. The highest BCUT2D eigenvalue weighted by molar-refractivity contribution is 7.80. The zero-order valence-electron chi connectivity index (χ0n) is 10.6. The fourth-order valence-corrected chi connectivity index (χ4v) is 2.43. The van der Waals surface area contributed by atoms with E-state index in [1.54, 1.807) is 10.6 Å². The van der Waals surface area contributed by atoms with Crippen LogP contribution in [0.2, 0.25) is 0 Å². The molecule has 20 heavy (non-hydrogen) atoms. The van der Waals surface area contributed by atoms with Gasteiger partial charge >= 0.3 is 5.76 Å². The average Bonchev–Trinajstić information content (AvgIpc) is 2.76. The van der Waals surface area contributed by atoms with Crippen LogP contribution in [0, 0.1) is 0 Å². The van der Waals surface area contributed by atoms with E-state index in [1.165, 1.54) is 0 Å². The number of hydrogen-bond donors (Lipinski definition) is 1. The molecule has 0 unspecified atom stereocenters. The number of nitrogens with zero attached hydrogens (tertiary/aromatic N) is 1. The van der Waals surface area contributed by atoms with Gasteiger partial charge < -0.3 is 10.2 Å². The summed E-state index contributed by atoms with van der Waals surface area (Å²) < 4.78 is 6.79. The van der Waals surface area contributed by atoms with Gasteiger partial charge in [-0.2, -0.15) is 0 Å². The first-order valence-corrected chi connectivity index (χ1v) is 6.54. The molecule has 2 N–H and O–H groups in total. The largest absolute Gasteiger partial charge is 0.420 e. The molecule has 3 rings (SSSR count). The Bertz CT molecular complexity index is 848. The van der Waals surface area contributed by atoms with Crippen LogP contribution in [0.5, 0.6) is 0 Å². The van der Waals surface area contributed by atoms with E-state index in [1.807, 2.05) is 42.5 Å².